The van der Waals surface area contributed by atoms with Crippen LogP contribution in [0.25, 0.3) is 10.4 Å². The largest absolute Gasteiger partial charge is 0.224 e. The lowest BCUT2D eigenvalue weighted by molar-refractivity contribution is 0.602. The second-order valence-corrected chi connectivity index (χ2v) is 5.00. The molecule has 0 N–H and O–H groups in total. The zero-order valence-electron chi connectivity index (χ0n) is 8.58. The number of benzene rings is 1. The molecule has 0 spiro atoms. The van der Waals surface area contributed by atoms with Crippen LogP contribution in [0, 0.1) is 11.8 Å². The SMILES string of the molecule is CS(=O)(=O)c1ccc(C#CCN=[N+]=[N-])cc1. The van der Waals surface area contributed by atoms with Crippen molar-refractivity contribution in [1.82, 2.24) is 0 Å². The molecule has 5 nitrogen and oxygen atoms in total. The van der Waals surface area contributed by atoms with Crippen molar-refractivity contribution >= 4 is 9.84 Å². The number of hydrogen-bond acceptors (Lipinski definition) is 3. The molecule has 6 heteroatoms. The molecule has 1 aromatic carbocycles. The van der Waals surface area contributed by atoms with Gasteiger partial charge in [0.15, 0.2) is 9.84 Å². The van der Waals surface area contributed by atoms with E-state index in [-0.39, 0.29) is 11.4 Å². The average Bonchev–Trinajstić information content (AvgIpc) is 2.24. The van der Waals surface area contributed by atoms with E-state index in [2.05, 4.69) is 21.9 Å². The van der Waals surface area contributed by atoms with Crippen LogP contribution >= 0.6 is 0 Å². The van der Waals surface area contributed by atoms with Crippen molar-refractivity contribution in [2.45, 2.75) is 4.90 Å². The summed E-state index contributed by atoms with van der Waals surface area (Å²) in [4.78, 5) is 2.81. The first-order valence-corrected chi connectivity index (χ1v) is 6.23. The molecule has 0 amide bonds. The van der Waals surface area contributed by atoms with Crippen molar-refractivity contribution in [3.8, 4) is 11.8 Å². The molecule has 0 saturated carbocycles. The summed E-state index contributed by atoms with van der Waals surface area (Å²) < 4.78 is 22.3. The van der Waals surface area contributed by atoms with Crippen molar-refractivity contribution in [3.63, 3.8) is 0 Å². The molecule has 1 rings (SSSR count). The Hall–Kier alpha value is -1.96. The molecule has 1 aromatic rings. The zero-order chi connectivity index (χ0) is 12.0. The van der Waals surface area contributed by atoms with Gasteiger partial charge in [-0.1, -0.05) is 17.0 Å². The molecule has 0 saturated heterocycles. The molecule has 16 heavy (non-hydrogen) atoms. The van der Waals surface area contributed by atoms with Crippen LogP contribution in [0.2, 0.25) is 0 Å². The van der Waals surface area contributed by atoms with Crippen molar-refractivity contribution in [3.05, 3.63) is 40.3 Å². The summed E-state index contributed by atoms with van der Waals surface area (Å²) >= 11 is 0. The highest BCUT2D eigenvalue weighted by Gasteiger charge is 2.04. The average molecular weight is 235 g/mol. The van der Waals surface area contributed by atoms with E-state index in [0.717, 1.165) is 6.26 Å². The van der Waals surface area contributed by atoms with Gasteiger partial charge >= 0.3 is 0 Å². The van der Waals surface area contributed by atoms with Gasteiger partial charge < -0.3 is 0 Å². The fraction of sp³-hybridized carbons (Fsp3) is 0.200. The maximum absolute atomic E-state index is 11.2. The summed E-state index contributed by atoms with van der Waals surface area (Å²) in [5.74, 6) is 5.39. The standard InChI is InChI=1S/C10H9N3O2S/c1-16(14,15)10-6-4-9(5-7-10)3-2-8-12-13-11/h4-7H,8H2,1H3. The minimum atomic E-state index is -3.16. The lowest BCUT2D eigenvalue weighted by Gasteiger charge is -1.96. The van der Waals surface area contributed by atoms with Crippen LogP contribution in [0.1, 0.15) is 5.56 Å². The first kappa shape index (κ1) is 12.1. The molecule has 82 valence electrons. The van der Waals surface area contributed by atoms with Crippen molar-refractivity contribution in [2.24, 2.45) is 5.11 Å². The minimum absolute atomic E-state index is 0.102. The monoisotopic (exact) mass is 235 g/mol. The van der Waals surface area contributed by atoms with E-state index >= 15 is 0 Å². The first-order valence-electron chi connectivity index (χ1n) is 4.34. The van der Waals surface area contributed by atoms with Crippen LogP contribution < -0.4 is 0 Å². The van der Waals surface area contributed by atoms with Crippen LogP contribution in [0.15, 0.2) is 34.3 Å². The van der Waals surface area contributed by atoms with Crippen LogP contribution in [0.4, 0.5) is 0 Å². The van der Waals surface area contributed by atoms with Gasteiger partial charge in [0.25, 0.3) is 0 Å². The van der Waals surface area contributed by atoms with Gasteiger partial charge in [-0.05, 0) is 29.8 Å². The predicted octanol–water partition coefficient (Wildman–Crippen LogP) is 1.75. The van der Waals surface area contributed by atoms with Crippen LogP contribution in [-0.4, -0.2) is 21.2 Å². The first-order chi connectivity index (χ1) is 7.54. The quantitative estimate of drug-likeness (QED) is 0.338. The normalized spacial score (nSPS) is 9.81. The van der Waals surface area contributed by atoms with E-state index < -0.39 is 9.84 Å². The Morgan fingerprint density at radius 1 is 1.38 bits per heavy atom. The number of nitrogens with zero attached hydrogens (tertiary/aromatic N) is 3. The highest BCUT2D eigenvalue weighted by atomic mass is 32.2. The molecule has 0 aromatic heterocycles. The van der Waals surface area contributed by atoms with Crippen LogP contribution in [0.5, 0.6) is 0 Å². The lowest BCUT2D eigenvalue weighted by atomic mass is 10.2. The van der Waals surface area contributed by atoms with Crippen molar-refractivity contribution < 1.29 is 8.42 Å². The second kappa shape index (κ2) is 5.21. The molecular formula is C10H9N3O2S. The second-order valence-electron chi connectivity index (χ2n) is 2.99. The van der Waals surface area contributed by atoms with Crippen LogP contribution in [0.3, 0.4) is 0 Å². The van der Waals surface area contributed by atoms with Crippen molar-refractivity contribution in [2.75, 3.05) is 12.8 Å². The molecule has 0 unspecified atom stereocenters. The van der Waals surface area contributed by atoms with E-state index in [1.54, 1.807) is 12.1 Å². The Balaban J connectivity index is 2.86. The zero-order valence-corrected chi connectivity index (χ0v) is 9.40. The molecular weight excluding hydrogens is 226 g/mol. The number of hydrogen-bond donors (Lipinski definition) is 0. The molecule has 0 aliphatic heterocycles. The molecule has 0 fully saturated rings. The fourth-order valence-electron chi connectivity index (χ4n) is 0.994. The molecule has 0 atom stereocenters. The predicted molar refractivity (Wildman–Crippen MR) is 60.4 cm³/mol. The van der Waals surface area contributed by atoms with Gasteiger partial charge in [-0.25, -0.2) is 8.42 Å². The maximum Gasteiger partial charge on any atom is 0.175 e. The van der Waals surface area contributed by atoms with E-state index in [0.29, 0.717) is 5.56 Å². The Morgan fingerprint density at radius 3 is 2.50 bits per heavy atom. The highest BCUT2D eigenvalue weighted by molar-refractivity contribution is 7.90. The van der Waals surface area contributed by atoms with E-state index in [1.165, 1.54) is 12.1 Å². The topological polar surface area (TPSA) is 82.9 Å². The fourth-order valence-corrected chi connectivity index (χ4v) is 1.62. The van der Waals surface area contributed by atoms with Crippen LogP contribution in [-0.2, 0) is 9.84 Å². The Morgan fingerprint density at radius 2 is 2.00 bits per heavy atom. The van der Waals surface area contributed by atoms with Crippen molar-refractivity contribution in [1.29, 1.82) is 0 Å². The van der Waals surface area contributed by atoms with Gasteiger partial charge in [-0.15, -0.1) is 0 Å². The summed E-state index contributed by atoms with van der Waals surface area (Å²) in [6.07, 6.45) is 1.15. The van der Waals surface area contributed by atoms with Gasteiger partial charge in [0.2, 0.25) is 0 Å². The third-order valence-corrected chi connectivity index (χ3v) is 2.86. The number of rotatable bonds is 2. The van der Waals surface area contributed by atoms with Gasteiger partial charge in [0, 0.05) is 16.7 Å². The van der Waals surface area contributed by atoms with Gasteiger partial charge in [-0.2, -0.15) is 0 Å². The Bertz CT molecular complexity index is 573. The lowest BCUT2D eigenvalue weighted by Crippen LogP contribution is -1.96. The third kappa shape index (κ3) is 3.65. The number of azide groups is 1. The Labute approximate surface area is 93.6 Å². The molecule has 0 radical (unpaired) electrons. The van der Waals surface area contributed by atoms with E-state index in [4.69, 9.17) is 5.53 Å². The smallest absolute Gasteiger partial charge is 0.175 e. The third-order valence-electron chi connectivity index (χ3n) is 1.73. The number of sulfone groups is 1. The van der Waals surface area contributed by atoms with E-state index in [1.807, 2.05) is 0 Å². The Kier molecular flexibility index (Phi) is 3.95. The maximum atomic E-state index is 11.2. The molecule has 0 aliphatic rings. The summed E-state index contributed by atoms with van der Waals surface area (Å²) in [6, 6.07) is 6.21. The summed E-state index contributed by atoms with van der Waals surface area (Å²) in [7, 11) is -3.16. The molecule has 0 bridgehead atoms. The van der Waals surface area contributed by atoms with Gasteiger partial charge in [0.05, 0.1) is 11.4 Å². The summed E-state index contributed by atoms with van der Waals surface area (Å²) in [6.45, 7) is 0.102. The van der Waals surface area contributed by atoms with E-state index in [9.17, 15) is 8.42 Å². The van der Waals surface area contributed by atoms with Gasteiger partial charge in [-0.3, -0.25) is 0 Å². The van der Waals surface area contributed by atoms with Gasteiger partial charge in [0.1, 0.15) is 0 Å². The minimum Gasteiger partial charge on any atom is -0.224 e. The molecule has 0 aliphatic carbocycles. The summed E-state index contributed by atoms with van der Waals surface area (Å²) in [5.41, 5.74) is 8.69. The summed E-state index contributed by atoms with van der Waals surface area (Å²) in [5, 5.41) is 3.25. The molecule has 0 heterocycles. The highest BCUT2D eigenvalue weighted by Crippen LogP contribution is 2.09.